The Morgan fingerprint density at radius 2 is 1.47 bits per heavy atom. The van der Waals surface area contributed by atoms with Gasteiger partial charge in [-0.15, -0.1) is 0 Å². The van der Waals surface area contributed by atoms with Gasteiger partial charge in [-0.1, -0.05) is 30.3 Å². The molecule has 0 aliphatic rings. The lowest BCUT2D eigenvalue weighted by molar-refractivity contribution is 1.03. The van der Waals surface area contributed by atoms with E-state index in [1.165, 1.54) is 0 Å². The molecule has 0 heterocycles. The molecule has 2 aromatic rings. The van der Waals surface area contributed by atoms with E-state index >= 15 is 0 Å². The number of aryl methyl sites for hydroxylation is 1. The molecule has 0 amide bonds. The second kappa shape index (κ2) is 6.22. The van der Waals surface area contributed by atoms with Crippen molar-refractivity contribution in [3.05, 3.63) is 59.2 Å². The van der Waals surface area contributed by atoms with Crippen molar-refractivity contribution in [2.75, 3.05) is 0 Å². The maximum atomic E-state index is 5.70. The SMILES string of the molecule is Cc1ccc(CN)c(N=Nc2ccccc2CN)c1. The first-order valence-electron chi connectivity index (χ1n) is 6.24. The second-order valence-corrected chi connectivity index (χ2v) is 4.37. The van der Waals surface area contributed by atoms with Crippen molar-refractivity contribution in [3.63, 3.8) is 0 Å². The highest BCUT2D eigenvalue weighted by atomic mass is 15.1. The van der Waals surface area contributed by atoms with Gasteiger partial charge in [0, 0.05) is 13.1 Å². The lowest BCUT2D eigenvalue weighted by Crippen LogP contribution is -1.97. The van der Waals surface area contributed by atoms with Crippen LogP contribution < -0.4 is 11.5 Å². The zero-order chi connectivity index (χ0) is 13.7. The smallest absolute Gasteiger partial charge is 0.0904 e. The number of hydrogen-bond acceptors (Lipinski definition) is 4. The lowest BCUT2D eigenvalue weighted by Gasteiger charge is -2.04. The van der Waals surface area contributed by atoms with Crippen LogP contribution in [0.25, 0.3) is 0 Å². The standard InChI is InChI=1S/C15H18N4/c1-11-6-7-13(10-17)15(8-11)19-18-14-5-3-2-4-12(14)9-16/h2-8H,9-10,16-17H2,1H3. The molecular weight excluding hydrogens is 236 g/mol. The van der Waals surface area contributed by atoms with Gasteiger partial charge in [-0.2, -0.15) is 10.2 Å². The molecule has 0 bridgehead atoms. The van der Waals surface area contributed by atoms with Crippen LogP contribution in [0.5, 0.6) is 0 Å². The summed E-state index contributed by atoms with van der Waals surface area (Å²) in [5.74, 6) is 0. The van der Waals surface area contributed by atoms with Gasteiger partial charge in [-0.25, -0.2) is 0 Å². The molecule has 4 nitrogen and oxygen atoms in total. The summed E-state index contributed by atoms with van der Waals surface area (Å²) in [6.07, 6.45) is 0. The third-order valence-corrected chi connectivity index (χ3v) is 2.94. The number of nitrogens with two attached hydrogens (primary N) is 2. The summed E-state index contributed by atoms with van der Waals surface area (Å²) in [5.41, 5.74) is 16.1. The molecule has 2 aromatic carbocycles. The van der Waals surface area contributed by atoms with Crippen molar-refractivity contribution < 1.29 is 0 Å². The summed E-state index contributed by atoms with van der Waals surface area (Å²) < 4.78 is 0. The number of rotatable bonds is 4. The Kier molecular flexibility index (Phi) is 4.39. The molecular formula is C15H18N4. The van der Waals surface area contributed by atoms with E-state index in [-0.39, 0.29) is 0 Å². The molecule has 19 heavy (non-hydrogen) atoms. The number of hydrogen-bond donors (Lipinski definition) is 2. The van der Waals surface area contributed by atoms with E-state index in [0.717, 1.165) is 28.1 Å². The van der Waals surface area contributed by atoms with E-state index in [1.807, 2.05) is 49.4 Å². The topological polar surface area (TPSA) is 76.8 Å². The molecule has 0 aliphatic carbocycles. The fourth-order valence-corrected chi connectivity index (χ4v) is 1.83. The highest BCUT2D eigenvalue weighted by Gasteiger charge is 2.01. The van der Waals surface area contributed by atoms with Crippen LogP contribution in [0, 0.1) is 6.92 Å². The first kappa shape index (κ1) is 13.4. The van der Waals surface area contributed by atoms with Gasteiger partial charge in [0.15, 0.2) is 0 Å². The highest BCUT2D eigenvalue weighted by Crippen LogP contribution is 2.25. The number of nitrogens with zero attached hydrogens (tertiary/aromatic N) is 2. The third kappa shape index (κ3) is 3.24. The molecule has 0 saturated carbocycles. The lowest BCUT2D eigenvalue weighted by atomic mass is 10.1. The van der Waals surface area contributed by atoms with E-state index in [4.69, 9.17) is 11.5 Å². The monoisotopic (exact) mass is 254 g/mol. The van der Waals surface area contributed by atoms with Crippen LogP contribution in [0.3, 0.4) is 0 Å². The van der Waals surface area contributed by atoms with Crippen molar-refractivity contribution in [2.45, 2.75) is 20.0 Å². The fraction of sp³-hybridized carbons (Fsp3) is 0.200. The molecule has 0 aromatic heterocycles. The first-order chi connectivity index (χ1) is 9.24. The van der Waals surface area contributed by atoms with Gasteiger partial charge in [-0.05, 0) is 35.7 Å². The van der Waals surface area contributed by atoms with Crippen LogP contribution in [-0.4, -0.2) is 0 Å². The van der Waals surface area contributed by atoms with Gasteiger partial charge in [0.25, 0.3) is 0 Å². The minimum atomic E-state index is 0.451. The summed E-state index contributed by atoms with van der Waals surface area (Å²) >= 11 is 0. The van der Waals surface area contributed by atoms with Crippen LogP contribution >= 0.6 is 0 Å². The summed E-state index contributed by atoms with van der Waals surface area (Å²) in [5, 5.41) is 8.59. The van der Waals surface area contributed by atoms with Crippen molar-refractivity contribution in [1.29, 1.82) is 0 Å². The fourth-order valence-electron chi connectivity index (χ4n) is 1.83. The highest BCUT2D eigenvalue weighted by molar-refractivity contribution is 5.50. The average Bonchev–Trinajstić information content (AvgIpc) is 2.45. The van der Waals surface area contributed by atoms with Crippen molar-refractivity contribution in [1.82, 2.24) is 0 Å². The quantitative estimate of drug-likeness (QED) is 0.821. The van der Waals surface area contributed by atoms with E-state index in [0.29, 0.717) is 13.1 Å². The zero-order valence-corrected chi connectivity index (χ0v) is 11.0. The van der Waals surface area contributed by atoms with Crippen molar-refractivity contribution in [3.8, 4) is 0 Å². The zero-order valence-electron chi connectivity index (χ0n) is 11.0. The Balaban J connectivity index is 2.34. The Morgan fingerprint density at radius 3 is 2.21 bits per heavy atom. The molecule has 0 atom stereocenters. The Morgan fingerprint density at radius 1 is 0.842 bits per heavy atom. The molecule has 0 unspecified atom stereocenters. The average molecular weight is 254 g/mol. The predicted octanol–water partition coefficient (Wildman–Crippen LogP) is 3.33. The molecule has 98 valence electrons. The van der Waals surface area contributed by atoms with Crippen LogP contribution in [0.1, 0.15) is 16.7 Å². The van der Waals surface area contributed by atoms with Gasteiger partial charge < -0.3 is 11.5 Å². The van der Waals surface area contributed by atoms with Crippen LogP contribution in [-0.2, 0) is 13.1 Å². The molecule has 2 rings (SSSR count). The van der Waals surface area contributed by atoms with E-state index in [9.17, 15) is 0 Å². The predicted molar refractivity (Wildman–Crippen MR) is 77.6 cm³/mol. The third-order valence-electron chi connectivity index (χ3n) is 2.94. The van der Waals surface area contributed by atoms with E-state index in [2.05, 4.69) is 10.2 Å². The Labute approximate surface area is 113 Å². The van der Waals surface area contributed by atoms with Crippen molar-refractivity contribution >= 4 is 11.4 Å². The molecule has 0 saturated heterocycles. The summed E-state index contributed by atoms with van der Waals surface area (Å²) in [4.78, 5) is 0. The van der Waals surface area contributed by atoms with Crippen LogP contribution in [0.2, 0.25) is 0 Å². The summed E-state index contributed by atoms with van der Waals surface area (Å²) in [6.45, 7) is 2.92. The number of azo groups is 1. The normalized spacial score (nSPS) is 11.1. The van der Waals surface area contributed by atoms with Gasteiger partial charge in [0.2, 0.25) is 0 Å². The summed E-state index contributed by atoms with van der Waals surface area (Å²) in [6, 6.07) is 13.7. The van der Waals surface area contributed by atoms with E-state index in [1.54, 1.807) is 0 Å². The minimum absolute atomic E-state index is 0.451. The molecule has 0 fully saturated rings. The Bertz CT molecular complexity index is 590. The maximum absolute atomic E-state index is 5.70. The van der Waals surface area contributed by atoms with Crippen molar-refractivity contribution in [2.24, 2.45) is 21.7 Å². The minimum Gasteiger partial charge on any atom is -0.326 e. The molecule has 0 spiro atoms. The van der Waals surface area contributed by atoms with Gasteiger partial charge >= 0.3 is 0 Å². The summed E-state index contributed by atoms with van der Waals surface area (Å²) in [7, 11) is 0. The molecule has 4 heteroatoms. The van der Waals surface area contributed by atoms with Gasteiger partial charge in [0.05, 0.1) is 11.4 Å². The largest absolute Gasteiger partial charge is 0.326 e. The Hall–Kier alpha value is -2.04. The maximum Gasteiger partial charge on any atom is 0.0904 e. The molecule has 0 aliphatic heterocycles. The molecule has 4 N–H and O–H groups in total. The van der Waals surface area contributed by atoms with Gasteiger partial charge in [0.1, 0.15) is 0 Å². The van der Waals surface area contributed by atoms with Crippen LogP contribution in [0.15, 0.2) is 52.7 Å². The van der Waals surface area contributed by atoms with E-state index < -0.39 is 0 Å². The number of benzene rings is 2. The molecule has 0 radical (unpaired) electrons. The first-order valence-corrected chi connectivity index (χ1v) is 6.24. The second-order valence-electron chi connectivity index (χ2n) is 4.37. The van der Waals surface area contributed by atoms with Gasteiger partial charge in [-0.3, -0.25) is 0 Å². The van der Waals surface area contributed by atoms with Crippen LogP contribution in [0.4, 0.5) is 11.4 Å².